The van der Waals surface area contributed by atoms with Crippen LogP contribution in [0.2, 0.25) is 0 Å². The van der Waals surface area contributed by atoms with Crippen LogP contribution in [0, 0.1) is 6.92 Å². The fraction of sp³-hybridized carbons (Fsp3) is 0.382. The lowest BCUT2D eigenvalue weighted by Crippen LogP contribution is -2.31. The normalized spacial score (nSPS) is 16.0. The van der Waals surface area contributed by atoms with Crippen LogP contribution in [0.5, 0.6) is 11.5 Å². The number of anilines is 1. The molecule has 0 aliphatic carbocycles. The van der Waals surface area contributed by atoms with Gasteiger partial charge in [-0.2, -0.15) is 0 Å². The van der Waals surface area contributed by atoms with Gasteiger partial charge < -0.3 is 24.6 Å². The van der Waals surface area contributed by atoms with Gasteiger partial charge in [0.15, 0.2) is 11.5 Å². The zero-order valence-electron chi connectivity index (χ0n) is 25.3. The maximum Gasteiger partial charge on any atom is 0.337 e. The molecule has 0 unspecified atom stereocenters. The van der Waals surface area contributed by atoms with Crippen molar-refractivity contribution in [3.05, 3.63) is 87.0 Å². The monoisotopic (exact) mass is 570 g/mol. The van der Waals surface area contributed by atoms with Crippen molar-refractivity contribution in [2.45, 2.75) is 72.1 Å². The van der Waals surface area contributed by atoms with Gasteiger partial charge in [-0.3, -0.25) is 4.99 Å². The van der Waals surface area contributed by atoms with Crippen LogP contribution in [-0.2, 0) is 24.1 Å². The first kappa shape index (κ1) is 29.2. The Labute approximate surface area is 246 Å². The Kier molecular flexibility index (Phi) is 7.51. The quantitative estimate of drug-likeness (QED) is 0.303. The van der Waals surface area contributed by atoms with E-state index >= 15 is 0 Å². The maximum atomic E-state index is 12.3. The number of hydrogen-bond acceptors (Lipinski definition) is 7. The molecule has 8 nitrogen and oxygen atoms in total. The summed E-state index contributed by atoms with van der Waals surface area (Å²) in [6, 6.07) is 12.6. The van der Waals surface area contributed by atoms with E-state index in [2.05, 4.69) is 39.1 Å². The van der Waals surface area contributed by atoms with E-state index in [1.165, 1.54) is 7.11 Å². The molecule has 0 aromatic heterocycles. The third-order valence-corrected chi connectivity index (χ3v) is 7.78. The molecule has 0 spiro atoms. The summed E-state index contributed by atoms with van der Waals surface area (Å²) in [5.41, 5.74) is 7.08. The Morgan fingerprint density at radius 3 is 2.43 bits per heavy atom. The van der Waals surface area contributed by atoms with E-state index in [9.17, 15) is 14.7 Å². The second kappa shape index (κ2) is 10.8. The van der Waals surface area contributed by atoms with Crippen LogP contribution >= 0.6 is 0 Å². The first-order chi connectivity index (χ1) is 19.8. The predicted molar refractivity (Wildman–Crippen MR) is 163 cm³/mol. The number of carbonyl (C=O) groups excluding carboxylic acids is 1. The van der Waals surface area contributed by atoms with Crippen LogP contribution in [-0.4, -0.2) is 47.6 Å². The molecule has 0 bridgehead atoms. The number of carbonyl (C=O) groups is 2. The molecule has 3 aromatic carbocycles. The molecule has 0 saturated heterocycles. The molecule has 2 aliphatic heterocycles. The first-order valence-electron chi connectivity index (χ1n) is 14.2. The molecule has 42 heavy (non-hydrogen) atoms. The number of aliphatic imine (C=N–C) groups is 1. The summed E-state index contributed by atoms with van der Waals surface area (Å²) in [7, 11) is 1.34. The van der Waals surface area contributed by atoms with E-state index in [1.54, 1.807) is 18.2 Å². The molecule has 0 fully saturated rings. The number of aromatic carboxylic acids is 1. The van der Waals surface area contributed by atoms with Crippen molar-refractivity contribution in [2.24, 2.45) is 4.99 Å². The SMILES string of the molecule is CCOc1cc2c(c3c1OC(C)(C)C3)C(c1ccc(C(=O)O)c(NCc3ccc(C(=O)OC)cc3)c1C)=NC(C)(C)C2. The molecule has 2 aliphatic rings. The highest BCUT2D eigenvalue weighted by atomic mass is 16.5. The van der Waals surface area contributed by atoms with Crippen molar-refractivity contribution in [1.82, 2.24) is 0 Å². The summed E-state index contributed by atoms with van der Waals surface area (Å²) < 4.78 is 17.2. The molecule has 2 N–H and O–H groups in total. The van der Waals surface area contributed by atoms with Gasteiger partial charge in [0.05, 0.1) is 41.8 Å². The lowest BCUT2D eigenvalue weighted by atomic mass is 9.80. The molecule has 3 aromatic rings. The molecular formula is C34H38N2O6. The minimum atomic E-state index is -1.02. The second-order valence-corrected chi connectivity index (χ2v) is 12.1. The van der Waals surface area contributed by atoms with Crippen LogP contribution in [0.3, 0.4) is 0 Å². The maximum absolute atomic E-state index is 12.3. The van der Waals surface area contributed by atoms with E-state index in [0.717, 1.165) is 57.0 Å². The minimum Gasteiger partial charge on any atom is -0.490 e. The Morgan fingerprint density at radius 1 is 1.07 bits per heavy atom. The molecule has 0 amide bonds. The molecule has 5 rings (SSSR count). The number of carboxylic acids is 1. The first-order valence-corrected chi connectivity index (χ1v) is 14.2. The number of ether oxygens (including phenoxy) is 3. The number of nitrogens with zero attached hydrogens (tertiary/aromatic N) is 1. The molecule has 0 saturated carbocycles. The average molecular weight is 571 g/mol. The number of nitrogens with one attached hydrogen (secondary N) is 1. The number of carboxylic acid groups (broad SMARTS) is 1. The van der Waals surface area contributed by atoms with Crippen LogP contribution in [0.4, 0.5) is 5.69 Å². The minimum absolute atomic E-state index is 0.180. The Balaban J connectivity index is 1.61. The van der Waals surface area contributed by atoms with Gasteiger partial charge in [0.25, 0.3) is 0 Å². The highest BCUT2D eigenvalue weighted by Crippen LogP contribution is 2.48. The third-order valence-electron chi connectivity index (χ3n) is 7.78. The van der Waals surface area contributed by atoms with E-state index < -0.39 is 11.9 Å². The lowest BCUT2D eigenvalue weighted by Gasteiger charge is -2.32. The molecule has 0 radical (unpaired) electrons. The summed E-state index contributed by atoms with van der Waals surface area (Å²) in [5.74, 6) is 0.0993. The van der Waals surface area contributed by atoms with Gasteiger partial charge in [-0.25, -0.2) is 9.59 Å². The zero-order chi connectivity index (χ0) is 30.4. The standard InChI is InChI=1S/C34H38N2O6/c1-8-41-26-15-22-16-33(3,4)36-29(27(22)25-17-34(5,6)42-30(25)26)23-13-14-24(31(37)38)28(19(23)2)35-18-20-9-11-21(12-10-20)32(39)40-7/h9-15,35H,8,16-18H2,1-7H3,(H,37,38). The predicted octanol–water partition coefficient (Wildman–Crippen LogP) is 6.38. The fourth-order valence-electron chi connectivity index (χ4n) is 5.97. The summed E-state index contributed by atoms with van der Waals surface area (Å²) in [6.45, 7) is 13.2. The Hall–Kier alpha value is -4.33. The van der Waals surface area contributed by atoms with Gasteiger partial charge in [0.1, 0.15) is 5.60 Å². The highest BCUT2D eigenvalue weighted by Gasteiger charge is 2.40. The van der Waals surface area contributed by atoms with Gasteiger partial charge in [-0.05, 0) is 88.9 Å². The highest BCUT2D eigenvalue weighted by molar-refractivity contribution is 6.18. The van der Waals surface area contributed by atoms with Crippen molar-refractivity contribution >= 4 is 23.3 Å². The van der Waals surface area contributed by atoms with Crippen LogP contribution < -0.4 is 14.8 Å². The van der Waals surface area contributed by atoms with Gasteiger partial charge >= 0.3 is 11.9 Å². The number of hydrogen-bond donors (Lipinski definition) is 2. The van der Waals surface area contributed by atoms with Gasteiger partial charge in [0.2, 0.25) is 0 Å². The third kappa shape index (κ3) is 5.45. The summed E-state index contributed by atoms with van der Waals surface area (Å²) >= 11 is 0. The van der Waals surface area contributed by atoms with Crippen molar-refractivity contribution in [2.75, 3.05) is 19.0 Å². The largest absolute Gasteiger partial charge is 0.490 e. The van der Waals surface area contributed by atoms with Crippen LogP contribution in [0.25, 0.3) is 0 Å². The van der Waals surface area contributed by atoms with Gasteiger partial charge in [-0.1, -0.05) is 18.2 Å². The average Bonchev–Trinajstić information content (AvgIpc) is 3.26. The number of esters is 1. The molecule has 2 heterocycles. The Bertz CT molecular complexity index is 1600. The van der Waals surface area contributed by atoms with Crippen LogP contribution in [0.15, 0.2) is 47.5 Å². The summed E-state index contributed by atoms with van der Waals surface area (Å²) in [4.78, 5) is 29.4. The number of methoxy groups -OCH3 is 1. The zero-order valence-corrected chi connectivity index (χ0v) is 25.3. The summed E-state index contributed by atoms with van der Waals surface area (Å²) in [5, 5.41) is 13.4. The van der Waals surface area contributed by atoms with E-state index in [1.807, 2.05) is 32.0 Å². The van der Waals surface area contributed by atoms with Crippen molar-refractivity contribution in [1.29, 1.82) is 0 Å². The van der Waals surface area contributed by atoms with Crippen LogP contribution in [0.1, 0.15) is 88.7 Å². The van der Waals surface area contributed by atoms with Crippen molar-refractivity contribution in [3.63, 3.8) is 0 Å². The van der Waals surface area contributed by atoms with E-state index in [0.29, 0.717) is 30.8 Å². The fourth-order valence-corrected chi connectivity index (χ4v) is 5.97. The lowest BCUT2D eigenvalue weighted by molar-refractivity contribution is 0.0599. The van der Waals surface area contributed by atoms with Gasteiger partial charge in [-0.15, -0.1) is 0 Å². The molecule has 8 heteroatoms. The molecule has 0 atom stereocenters. The number of benzene rings is 3. The second-order valence-electron chi connectivity index (χ2n) is 12.1. The Morgan fingerprint density at radius 2 is 1.79 bits per heavy atom. The van der Waals surface area contributed by atoms with Crippen molar-refractivity contribution < 1.29 is 28.9 Å². The van der Waals surface area contributed by atoms with E-state index in [-0.39, 0.29) is 16.7 Å². The topological polar surface area (TPSA) is 106 Å². The summed E-state index contributed by atoms with van der Waals surface area (Å²) in [6.07, 6.45) is 1.46. The number of rotatable bonds is 8. The van der Waals surface area contributed by atoms with Crippen molar-refractivity contribution in [3.8, 4) is 11.5 Å². The molecular weight excluding hydrogens is 532 g/mol. The molecule has 220 valence electrons. The number of fused-ring (bicyclic) bond motifs is 3. The smallest absolute Gasteiger partial charge is 0.337 e. The van der Waals surface area contributed by atoms with Gasteiger partial charge in [0, 0.05) is 29.7 Å². The van der Waals surface area contributed by atoms with E-state index in [4.69, 9.17) is 19.2 Å².